The third kappa shape index (κ3) is 2.14. The van der Waals surface area contributed by atoms with Gasteiger partial charge >= 0.3 is 5.97 Å². The van der Waals surface area contributed by atoms with E-state index in [0.717, 1.165) is 22.0 Å². The summed E-state index contributed by atoms with van der Waals surface area (Å²) in [6, 6.07) is 4.67. The number of terminal acetylenes is 1. The molecule has 0 fully saturated rings. The lowest BCUT2D eigenvalue weighted by Gasteiger charge is -2.04. The molecule has 0 aliphatic heterocycles. The summed E-state index contributed by atoms with van der Waals surface area (Å²) in [6.45, 7) is 0. The topological polar surface area (TPSA) is 79.1 Å². The quantitative estimate of drug-likeness (QED) is 0.688. The van der Waals surface area contributed by atoms with Crippen molar-refractivity contribution in [3.8, 4) is 12.3 Å². The first-order chi connectivity index (χ1) is 8.11. The molecular weight excluding hydrogens is 216 g/mol. The second kappa shape index (κ2) is 4.32. The van der Waals surface area contributed by atoms with Gasteiger partial charge in [0.25, 0.3) is 0 Å². The highest BCUT2D eigenvalue weighted by Gasteiger charge is 2.14. The number of rotatable bonds is 3. The van der Waals surface area contributed by atoms with Crippen LogP contribution in [0.4, 0.5) is 0 Å². The SMILES string of the molecule is C#Cc1ccc2[nH]cc(C[C@H](N)C(=O)O)c2c1. The van der Waals surface area contributed by atoms with Gasteiger partial charge in [-0.1, -0.05) is 5.92 Å². The van der Waals surface area contributed by atoms with Crippen molar-refractivity contribution < 1.29 is 9.90 Å². The van der Waals surface area contributed by atoms with Crippen LogP contribution in [-0.4, -0.2) is 22.1 Å². The number of nitrogens with one attached hydrogen (secondary N) is 1. The van der Waals surface area contributed by atoms with Crippen LogP contribution in [0.1, 0.15) is 11.1 Å². The van der Waals surface area contributed by atoms with Gasteiger partial charge in [-0.25, -0.2) is 0 Å². The summed E-state index contributed by atoms with van der Waals surface area (Å²) in [7, 11) is 0. The molecule has 2 rings (SSSR count). The van der Waals surface area contributed by atoms with Gasteiger partial charge in [-0.3, -0.25) is 4.79 Å². The maximum absolute atomic E-state index is 10.7. The number of nitrogens with two attached hydrogens (primary N) is 1. The van der Waals surface area contributed by atoms with Gasteiger partial charge in [0.15, 0.2) is 0 Å². The predicted octanol–water partition coefficient (Wildman–Crippen LogP) is 1.10. The number of fused-ring (bicyclic) bond motifs is 1. The van der Waals surface area contributed by atoms with Crippen LogP contribution in [0.25, 0.3) is 10.9 Å². The van der Waals surface area contributed by atoms with E-state index in [9.17, 15) is 4.79 Å². The van der Waals surface area contributed by atoms with Crippen molar-refractivity contribution in [3.05, 3.63) is 35.5 Å². The van der Waals surface area contributed by atoms with Gasteiger partial charge in [0.05, 0.1) is 0 Å². The van der Waals surface area contributed by atoms with Gasteiger partial charge in [0.1, 0.15) is 6.04 Å². The van der Waals surface area contributed by atoms with E-state index in [1.165, 1.54) is 0 Å². The molecule has 0 unspecified atom stereocenters. The number of aromatic amines is 1. The molecule has 0 saturated heterocycles. The van der Waals surface area contributed by atoms with Crippen LogP contribution in [0.3, 0.4) is 0 Å². The normalized spacial score (nSPS) is 12.2. The van der Waals surface area contributed by atoms with Crippen LogP contribution in [-0.2, 0) is 11.2 Å². The van der Waals surface area contributed by atoms with Crippen LogP contribution in [0, 0.1) is 12.3 Å². The van der Waals surface area contributed by atoms with Crippen molar-refractivity contribution in [2.45, 2.75) is 12.5 Å². The Kier molecular flexibility index (Phi) is 2.86. The summed E-state index contributed by atoms with van der Waals surface area (Å²) < 4.78 is 0. The molecule has 4 N–H and O–H groups in total. The molecule has 1 aromatic carbocycles. The van der Waals surface area contributed by atoms with Crippen LogP contribution < -0.4 is 5.73 Å². The molecule has 0 aliphatic rings. The standard InChI is InChI=1S/C13H12N2O2/c1-2-8-3-4-12-10(5-8)9(7-15-12)6-11(14)13(16)17/h1,3-5,7,11,15H,6,14H2,(H,16,17)/t11-/m0/s1. The van der Waals surface area contributed by atoms with E-state index < -0.39 is 12.0 Å². The smallest absolute Gasteiger partial charge is 0.320 e. The fourth-order valence-corrected chi connectivity index (χ4v) is 1.76. The largest absolute Gasteiger partial charge is 0.480 e. The Morgan fingerprint density at radius 2 is 2.35 bits per heavy atom. The third-order valence-corrected chi connectivity index (χ3v) is 2.69. The zero-order valence-corrected chi connectivity index (χ0v) is 9.10. The molecule has 0 radical (unpaired) electrons. The van der Waals surface area contributed by atoms with E-state index >= 15 is 0 Å². The number of hydrogen-bond donors (Lipinski definition) is 3. The minimum absolute atomic E-state index is 0.281. The van der Waals surface area contributed by atoms with Crippen molar-refractivity contribution in [3.63, 3.8) is 0 Å². The maximum atomic E-state index is 10.7. The van der Waals surface area contributed by atoms with Crippen LogP contribution >= 0.6 is 0 Å². The minimum atomic E-state index is -1.01. The summed E-state index contributed by atoms with van der Waals surface area (Å²) >= 11 is 0. The van der Waals surface area contributed by atoms with Gasteiger partial charge in [0.2, 0.25) is 0 Å². The molecule has 86 valence electrons. The fourth-order valence-electron chi connectivity index (χ4n) is 1.76. The lowest BCUT2D eigenvalue weighted by atomic mass is 10.0. The number of aromatic nitrogens is 1. The Morgan fingerprint density at radius 3 is 3.00 bits per heavy atom. The molecule has 0 bridgehead atoms. The Balaban J connectivity index is 2.41. The highest BCUT2D eigenvalue weighted by Crippen LogP contribution is 2.20. The zero-order chi connectivity index (χ0) is 12.4. The van der Waals surface area contributed by atoms with Crippen LogP contribution in [0.15, 0.2) is 24.4 Å². The number of H-pyrrole nitrogens is 1. The van der Waals surface area contributed by atoms with E-state index in [-0.39, 0.29) is 6.42 Å². The van der Waals surface area contributed by atoms with Crippen molar-refractivity contribution in [2.24, 2.45) is 5.73 Å². The molecule has 1 aromatic heterocycles. The van der Waals surface area contributed by atoms with Crippen LogP contribution in [0.5, 0.6) is 0 Å². The predicted molar refractivity (Wildman–Crippen MR) is 65.5 cm³/mol. The molecule has 4 heteroatoms. The second-order valence-electron chi connectivity index (χ2n) is 3.87. The molecule has 1 heterocycles. The number of carbonyl (C=O) groups is 1. The third-order valence-electron chi connectivity index (χ3n) is 2.69. The average Bonchev–Trinajstić information content (AvgIpc) is 2.71. The summed E-state index contributed by atoms with van der Waals surface area (Å²) in [5.41, 5.74) is 8.08. The second-order valence-corrected chi connectivity index (χ2v) is 3.87. The number of hydrogen-bond acceptors (Lipinski definition) is 2. The number of carboxylic acid groups (broad SMARTS) is 1. The van der Waals surface area contributed by atoms with Crippen molar-refractivity contribution in [1.29, 1.82) is 0 Å². The molecular formula is C13H12N2O2. The minimum Gasteiger partial charge on any atom is -0.480 e. The Labute approximate surface area is 98.4 Å². The number of benzene rings is 1. The summed E-state index contributed by atoms with van der Waals surface area (Å²) in [4.78, 5) is 13.8. The number of aliphatic carboxylic acids is 1. The maximum Gasteiger partial charge on any atom is 0.320 e. The van der Waals surface area contributed by atoms with E-state index in [2.05, 4.69) is 10.9 Å². The van der Waals surface area contributed by atoms with Gasteiger partial charge in [-0.15, -0.1) is 6.42 Å². The molecule has 17 heavy (non-hydrogen) atoms. The van der Waals surface area contributed by atoms with Crippen molar-refractivity contribution in [2.75, 3.05) is 0 Å². The lowest BCUT2D eigenvalue weighted by molar-refractivity contribution is -0.138. The average molecular weight is 228 g/mol. The molecule has 2 aromatic rings. The van der Waals surface area contributed by atoms with Crippen LogP contribution in [0.2, 0.25) is 0 Å². The first-order valence-corrected chi connectivity index (χ1v) is 5.17. The molecule has 0 spiro atoms. The highest BCUT2D eigenvalue weighted by atomic mass is 16.4. The first-order valence-electron chi connectivity index (χ1n) is 5.17. The van der Waals surface area contributed by atoms with E-state index in [0.29, 0.717) is 0 Å². The molecule has 4 nitrogen and oxygen atoms in total. The lowest BCUT2D eigenvalue weighted by Crippen LogP contribution is -2.32. The fraction of sp³-hybridized carbons (Fsp3) is 0.154. The van der Waals surface area contributed by atoms with E-state index in [1.807, 2.05) is 18.2 Å². The van der Waals surface area contributed by atoms with Crippen molar-refractivity contribution >= 4 is 16.9 Å². The molecule has 0 amide bonds. The van der Waals surface area contributed by atoms with Gasteiger partial charge in [0, 0.05) is 29.1 Å². The summed E-state index contributed by atoms with van der Waals surface area (Å²) in [5, 5.41) is 9.71. The first kappa shape index (κ1) is 11.2. The van der Waals surface area contributed by atoms with Gasteiger partial charge in [-0.05, 0) is 23.8 Å². The zero-order valence-electron chi connectivity index (χ0n) is 9.10. The van der Waals surface area contributed by atoms with Crippen molar-refractivity contribution in [1.82, 2.24) is 4.98 Å². The van der Waals surface area contributed by atoms with E-state index in [4.69, 9.17) is 17.3 Å². The Bertz CT molecular complexity index is 607. The monoisotopic (exact) mass is 228 g/mol. The Hall–Kier alpha value is -2.25. The highest BCUT2D eigenvalue weighted by molar-refractivity contribution is 5.85. The van der Waals surface area contributed by atoms with E-state index in [1.54, 1.807) is 6.20 Å². The van der Waals surface area contributed by atoms with Gasteiger partial charge in [-0.2, -0.15) is 0 Å². The van der Waals surface area contributed by atoms with Gasteiger partial charge < -0.3 is 15.8 Å². The Morgan fingerprint density at radius 1 is 1.59 bits per heavy atom. The summed E-state index contributed by atoms with van der Waals surface area (Å²) in [5.74, 6) is 1.54. The molecule has 0 aliphatic carbocycles. The molecule has 1 atom stereocenters. The summed E-state index contributed by atoms with van der Waals surface area (Å²) in [6.07, 6.45) is 7.38. The number of carboxylic acids is 1. The molecule has 0 saturated carbocycles.